The van der Waals surface area contributed by atoms with Crippen molar-refractivity contribution in [3.8, 4) is 0 Å². The molecule has 1 aromatic rings. The van der Waals surface area contributed by atoms with Gasteiger partial charge in [-0.05, 0) is 56.4 Å². The number of nitrogens with one attached hydrogen (secondary N) is 1. The average molecular weight is 475 g/mol. The van der Waals surface area contributed by atoms with E-state index in [0.717, 1.165) is 43.1 Å². The largest absolute Gasteiger partial charge is 0.482 e. The number of fused-ring (bicyclic) bond motifs is 1. The molecule has 4 rings (SSSR count). The predicted molar refractivity (Wildman–Crippen MR) is 130 cm³/mol. The molecule has 0 aromatic heterocycles. The summed E-state index contributed by atoms with van der Waals surface area (Å²) in [5, 5.41) is 3.77. The van der Waals surface area contributed by atoms with E-state index in [1.807, 2.05) is 11.8 Å². The number of carbonyl (C=O) groups is 2. The first-order chi connectivity index (χ1) is 16.1. The van der Waals surface area contributed by atoms with E-state index in [1.165, 1.54) is 44.2 Å². The molecule has 1 heterocycles. The van der Waals surface area contributed by atoms with E-state index >= 15 is 0 Å². The van der Waals surface area contributed by atoms with Crippen LogP contribution in [0.3, 0.4) is 0 Å². The van der Waals surface area contributed by atoms with Crippen molar-refractivity contribution >= 4 is 29.7 Å². The zero-order valence-electron chi connectivity index (χ0n) is 19.3. The van der Waals surface area contributed by atoms with E-state index in [1.54, 1.807) is 23.1 Å². The van der Waals surface area contributed by atoms with Crippen LogP contribution in [0.25, 0.3) is 6.08 Å². The zero-order chi connectivity index (χ0) is 23.0. The summed E-state index contributed by atoms with van der Waals surface area (Å²) in [5.41, 5.74) is 0.315. The number of morpholine rings is 1. The summed E-state index contributed by atoms with van der Waals surface area (Å²) in [4.78, 5) is 27.5. The van der Waals surface area contributed by atoms with Crippen LogP contribution in [0.5, 0.6) is 0 Å². The van der Waals surface area contributed by atoms with Gasteiger partial charge in [-0.15, -0.1) is 0 Å². The maximum absolute atomic E-state index is 14.1. The summed E-state index contributed by atoms with van der Waals surface area (Å²) in [6.07, 6.45) is 12.7. The normalized spacial score (nSPS) is 24.9. The van der Waals surface area contributed by atoms with Crippen molar-refractivity contribution in [3.05, 3.63) is 41.4 Å². The van der Waals surface area contributed by atoms with Gasteiger partial charge in [-0.3, -0.25) is 9.59 Å². The molecule has 3 aliphatic rings. The third-order valence-electron chi connectivity index (χ3n) is 6.87. The van der Waals surface area contributed by atoms with Gasteiger partial charge in [0.2, 0.25) is 5.91 Å². The number of rotatable bonds is 8. The van der Waals surface area contributed by atoms with E-state index in [2.05, 4.69) is 5.32 Å². The summed E-state index contributed by atoms with van der Waals surface area (Å²) in [5.74, 6) is 0.316. The Morgan fingerprint density at radius 1 is 1.12 bits per heavy atom. The van der Waals surface area contributed by atoms with Gasteiger partial charge in [-0.1, -0.05) is 43.9 Å². The van der Waals surface area contributed by atoms with Gasteiger partial charge < -0.3 is 15.0 Å². The maximum Gasteiger partial charge on any atom is 0.289 e. The molecule has 2 amide bonds. The smallest absolute Gasteiger partial charge is 0.289 e. The monoisotopic (exact) mass is 474 g/mol. The SMILES string of the molecule is O=C(CN1C(=O)/C(=C\c2ccccc2F)OC2CCCCC21)NCCCSC1CCCCC1. The van der Waals surface area contributed by atoms with Gasteiger partial charge in [0.15, 0.2) is 5.76 Å². The maximum atomic E-state index is 14.1. The summed E-state index contributed by atoms with van der Waals surface area (Å²) >= 11 is 2.03. The minimum Gasteiger partial charge on any atom is -0.482 e. The van der Waals surface area contributed by atoms with Gasteiger partial charge in [0.25, 0.3) is 5.91 Å². The summed E-state index contributed by atoms with van der Waals surface area (Å²) in [6, 6.07) is 6.22. The summed E-state index contributed by atoms with van der Waals surface area (Å²) in [6.45, 7) is 0.650. The highest BCUT2D eigenvalue weighted by Gasteiger charge is 2.42. The fourth-order valence-electron chi connectivity index (χ4n) is 5.09. The lowest BCUT2D eigenvalue weighted by atomic mass is 9.89. The first kappa shape index (κ1) is 24.1. The molecule has 2 atom stereocenters. The molecule has 1 aromatic carbocycles. The van der Waals surface area contributed by atoms with Crippen molar-refractivity contribution in [2.24, 2.45) is 0 Å². The number of amides is 2. The molecule has 1 aliphatic heterocycles. The highest BCUT2D eigenvalue weighted by atomic mass is 32.2. The van der Waals surface area contributed by atoms with Gasteiger partial charge >= 0.3 is 0 Å². The second kappa shape index (κ2) is 11.9. The Kier molecular flexibility index (Phi) is 8.70. The number of hydrogen-bond acceptors (Lipinski definition) is 4. The van der Waals surface area contributed by atoms with Gasteiger partial charge in [-0.2, -0.15) is 11.8 Å². The lowest BCUT2D eigenvalue weighted by Gasteiger charge is -2.44. The first-order valence-electron chi connectivity index (χ1n) is 12.4. The van der Waals surface area contributed by atoms with Gasteiger partial charge in [-0.25, -0.2) is 4.39 Å². The molecular weight excluding hydrogens is 439 g/mol. The fourth-order valence-corrected chi connectivity index (χ4v) is 6.40. The first-order valence-corrected chi connectivity index (χ1v) is 13.5. The average Bonchev–Trinajstić information content (AvgIpc) is 2.83. The Morgan fingerprint density at radius 2 is 1.88 bits per heavy atom. The van der Waals surface area contributed by atoms with Crippen molar-refractivity contribution in [1.82, 2.24) is 10.2 Å². The third-order valence-corrected chi connectivity index (χ3v) is 8.34. The van der Waals surface area contributed by atoms with Gasteiger partial charge in [0.05, 0.1) is 6.04 Å². The molecule has 180 valence electrons. The topological polar surface area (TPSA) is 58.6 Å². The number of carbonyl (C=O) groups excluding carboxylic acids is 2. The van der Waals surface area contributed by atoms with E-state index in [0.29, 0.717) is 12.1 Å². The Hall–Kier alpha value is -2.02. The molecule has 0 radical (unpaired) electrons. The Bertz CT molecular complexity index is 856. The molecule has 0 spiro atoms. The third kappa shape index (κ3) is 6.52. The molecule has 33 heavy (non-hydrogen) atoms. The van der Waals surface area contributed by atoms with E-state index in [4.69, 9.17) is 4.74 Å². The Labute approximate surface area is 200 Å². The van der Waals surface area contributed by atoms with Crippen LogP contribution in [-0.2, 0) is 14.3 Å². The number of thioether (sulfide) groups is 1. The molecular formula is C26H35FN2O3S. The van der Waals surface area contributed by atoms with Crippen LogP contribution in [0, 0.1) is 5.82 Å². The number of ether oxygens (including phenoxy) is 1. The molecule has 2 aliphatic carbocycles. The molecule has 1 N–H and O–H groups in total. The van der Waals surface area contributed by atoms with Crippen molar-refractivity contribution in [2.75, 3.05) is 18.8 Å². The molecule has 0 bridgehead atoms. The number of hydrogen-bond donors (Lipinski definition) is 1. The second-order valence-corrected chi connectivity index (χ2v) is 10.7. The highest BCUT2D eigenvalue weighted by molar-refractivity contribution is 7.99. The predicted octanol–water partition coefficient (Wildman–Crippen LogP) is 4.91. The molecule has 7 heteroatoms. The van der Waals surface area contributed by atoms with Gasteiger partial charge in [0, 0.05) is 17.4 Å². The van der Waals surface area contributed by atoms with Crippen molar-refractivity contribution < 1.29 is 18.7 Å². The Morgan fingerprint density at radius 3 is 2.70 bits per heavy atom. The minimum absolute atomic E-state index is 0.0216. The van der Waals surface area contributed by atoms with Crippen molar-refractivity contribution in [1.29, 1.82) is 0 Å². The van der Waals surface area contributed by atoms with Crippen LogP contribution in [0.4, 0.5) is 4.39 Å². The fraction of sp³-hybridized carbons (Fsp3) is 0.615. The van der Waals surface area contributed by atoms with Crippen LogP contribution in [0.2, 0.25) is 0 Å². The van der Waals surface area contributed by atoms with Crippen LogP contribution < -0.4 is 5.32 Å². The van der Waals surface area contributed by atoms with E-state index in [9.17, 15) is 14.0 Å². The Balaban J connectivity index is 1.32. The van der Waals surface area contributed by atoms with Crippen LogP contribution >= 0.6 is 11.8 Å². The lowest BCUT2D eigenvalue weighted by Crippen LogP contribution is -2.57. The molecule has 2 saturated carbocycles. The summed E-state index contributed by atoms with van der Waals surface area (Å²) < 4.78 is 20.2. The zero-order valence-corrected chi connectivity index (χ0v) is 20.1. The highest BCUT2D eigenvalue weighted by Crippen LogP contribution is 2.33. The number of nitrogens with zero attached hydrogens (tertiary/aromatic N) is 1. The minimum atomic E-state index is -0.400. The quantitative estimate of drug-likeness (QED) is 0.430. The van der Waals surface area contributed by atoms with E-state index < -0.39 is 5.82 Å². The van der Waals surface area contributed by atoms with Crippen molar-refractivity contribution in [3.63, 3.8) is 0 Å². The van der Waals surface area contributed by atoms with Crippen LogP contribution in [0.1, 0.15) is 69.8 Å². The number of halogens is 1. The summed E-state index contributed by atoms with van der Waals surface area (Å²) in [7, 11) is 0. The van der Waals surface area contributed by atoms with Crippen LogP contribution in [0.15, 0.2) is 30.0 Å². The van der Waals surface area contributed by atoms with Gasteiger partial charge in [0.1, 0.15) is 18.5 Å². The molecule has 3 fully saturated rings. The number of benzene rings is 1. The van der Waals surface area contributed by atoms with Crippen molar-refractivity contribution in [2.45, 2.75) is 81.6 Å². The second-order valence-electron chi connectivity index (χ2n) is 9.31. The molecule has 2 unspecified atom stereocenters. The molecule has 1 saturated heterocycles. The molecule has 5 nitrogen and oxygen atoms in total. The van der Waals surface area contributed by atoms with Crippen LogP contribution in [-0.4, -0.2) is 53.0 Å². The standard InChI is InChI=1S/C26H35FN2O3S/c27-21-12-5-4-9-19(21)17-24-26(31)29(22-13-6-7-14-23(22)32-24)18-25(30)28-15-8-16-33-20-10-2-1-3-11-20/h4-5,9,12,17,20,22-23H,1-3,6-8,10-11,13-16,18H2,(H,28,30)/b24-17+. The van der Waals surface area contributed by atoms with E-state index in [-0.39, 0.29) is 36.3 Å². The lowest BCUT2D eigenvalue weighted by molar-refractivity contribution is -0.151.